The third-order valence-electron chi connectivity index (χ3n) is 5.97. The Balaban J connectivity index is 1.64. The highest BCUT2D eigenvalue weighted by Crippen LogP contribution is 2.50. The predicted molar refractivity (Wildman–Crippen MR) is 95.9 cm³/mol. The monoisotopic (exact) mass is 349 g/mol. The number of para-hydroxylation sites is 1. The number of anilines is 1. The number of amides is 1. The van der Waals surface area contributed by atoms with Crippen molar-refractivity contribution >= 4 is 11.6 Å². The van der Waals surface area contributed by atoms with Gasteiger partial charge in [-0.15, -0.1) is 0 Å². The van der Waals surface area contributed by atoms with Gasteiger partial charge in [-0.3, -0.25) is 4.79 Å². The number of benzene rings is 1. The van der Waals surface area contributed by atoms with Crippen molar-refractivity contribution in [2.75, 3.05) is 37.7 Å². The second kappa shape index (κ2) is 6.57. The standard InChI is InChI=1S/C19H28FN3O2/c1-4-25-16-13-19(21,18(16,2)3)17(24)23-11-9-22(10-12-23)15-8-6-5-7-14(15)20/h5-8,16H,4,9-13,21H2,1-3H3. The number of halogens is 1. The zero-order valence-corrected chi connectivity index (χ0v) is 15.3. The molecule has 0 radical (unpaired) electrons. The second-order valence-electron chi connectivity index (χ2n) is 7.57. The number of ether oxygens (including phenoxy) is 1. The number of hydrogen-bond acceptors (Lipinski definition) is 4. The average Bonchev–Trinajstić information content (AvgIpc) is 2.61. The summed E-state index contributed by atoms with van der Waals surface area (Å²) in [4.78, 5) is 16.8. The predicted octanol–water partition coefficient (Wildman–Crippen LogP) is 2.01. The minimum Gasteiger partial charge on any atom is -0.378 e. The van der Waals surface area contributed by atoms with Gasteiger partial charge in [-0.1, -0.05) is 26.0 Å². The molecule has 2 aliphatic rings. The van der Waals surface area contributed by atoms with Crippen LogP contribution in [0.5, 0.6) is 0 Å². The summed E-state index contributed by atoms with van der Waals surface area (Å²) < 4.78 is 19.7. The van der Waals surface area contributed by atoms with Crippen molar-refractivity contribution in [2.45, 2.75) is 38.8 Å². The average molecular weight is 349 g/mol. The van der Waals surface area contributed by atoms with Crippen molar-refractivity contribution in [3.8, 4) is 0 Å². The van der Waals surface area contributed by atoms with Gasteiger partial charge >= 0.3 is 0 Å². The minimum absolute atomic E-state index is 0.0124. The molecule has 1 aliphatic heterocycles. The lowest BCUT2D eigenvalue weighted by atomic mass is 9.54. The third kappa shape index (κ3) is 2.91. The lowest BCUT2D eigenvalue weighted by Crippen LogP contribution is -2.76. The lowest BCUT2D eigenvalue weighted by Gasteiger charge is -2.59. The quantitative estimate of drug-likeness (QED) is 0.903. The number of nitrogens with zero attached hydrogens (tertiary/aromatic N) is 2. The smallest absolute Gasteiger partial charge is 0.243 e. The van der Waals surface area contributed by atoms with Crippen LogP contribution in [-0.2, 0) is 9.53 Å². The molecule has 1 aromatic carbocycles. The first-order valence-corrected chi connectivity index (χ1v) is 9.00. The van der Waals surface area contributed by atoms with Crippen LogP contribution in [0.4, 0.5) is 10.1 Å². The highest BCUT2D eigenvalue weighted by molar-refractivity contribution is 5.89. The highest BCUT2D eigenvalue weighted by Gasteiger charge is 2.63. The molecule has 2 fully saturated rings. The van der Waals surface area contributed by atoms with E-state index in [9.17, 15) is 9.18 Å². The van der Waals surface area contributed by atoms with E-state index in [1.54, 1.807) is 12.1 Å². The maximum absolute atomic E-state index is 13.9. The van der Waals surface area contributed by atoms with Crippen LogP contribution in [0, 0.1) is 11.2 Å². The topological polar surface area (TPSA) is 58.8 Å². The van der Waals surface area contributed by atoms with Gasteiger partial charge in [0.2, 0.25) is 5.91 Å². The van der Waals surface area contributed by atoms with Crippen molar-refractivity contribution in [3.05, 3.63) is 30.1 Å². The molecule has 6 heteroatoms. The van der Waals surface area contributed by atoms with Crippen molar-refractivity contribution < 1.29 is 13.9 Å². The van der Waals surface area contributed by atoms with Crippen LogP contribution in [0.1, 0.15) is 27.2 Å². The molecule has 0 spiro atoms. The molecule has 1 aromatic rings. The molecule has 1 amide bonds. The van der Waals surface area contributed by atoms with Crippen LogP contribution in [0.3, 0.4) is 0 Å². The molecule has 0 bridgehead atoms. The van der Waals surface area contributed by atoms with E-state index in [1.807, 2.05) is 36.6 Å². The molecule has 1 aliphatic carbocycles. The van der Waals surface area contributed by atoms with E-state index in [1.165, 1.54) is 6.07 Å². The number of carbonyl (C=O) groups excluding carboxylic acids is 1. The normalized spacial score (nSPS) is 28.6. The SMILES string of the molecule is CCOC1CC(N)(C(=O)N2CCN(c3ccccc3F)CC2)C1(C)C. The number of hydrogen-bond donors (Lipinski definition) is 1. The molecule has 3 rings (SSSR count). The maximum Gasteiger partial charge on any atom is 0.243 e. The van der Waals surface area contributed by atoms with Crippen LogP contribution in [0.25, 0.3) is 0 Å². The van der Waals surface area contributed by atoms with Gasteiger partial charge in [0.05, 0.1) is 11.8 Å². The van der Waals surface area contributed by atoms with Crippen LogP contribution in [0.2, 0.25) is 0 Å². The Morgan fingerprint density at radius 1 is 1.28 bits per heavy atom. The zero-order valence-electron chi connectivity index (χ0n) is 15.3. The van der Waals surface area contributed by atoms with Gasteiger partial charge in [0.1, 0.15) is 11.4 Å². The first-order chi connectivity index (χ1) is 11.8. The van der Waals surface area contributed by atoms with E-state index in [-0.39, 0.29) is 23.2 Å². The Kier molecular flexibility index (Phi) is 4.77. The first kappa shape index (κ1) is 18.1. The zero-order chi connectivity index (χ0) is 18.2. The fourth-order valence-electron chi connectivity index (χ4n) is 3.94. The molecule has 1 heterocycles. The molecule has 0 aromatic heterocycles. The summed E-state index contributed by atoms with van der Waals surface area (Å²) in [6, 6.07) is 6.76. The van der Waals surface area contributed by atoms with Gasteiger partial charge in [-0.2, -0.15) is 0 Å². The van der Waals surface area contributed by atoms with Crippen LogP contribution < -0.4 is 10.6 Å². The van der Waals surface area contributed by atoms with Crippen molar-refractivity contribution in [1.82, 2.24) is 4.90 Å². The highest BCUT2D eigenvalue weighted by atomic mass is 19.1. The summed E-state index contributed by atoms with van der Waals surface area (Å²) in [5.41, 5.74) is 5.83. The molecular weight excluding hydrogens is 321 g/mol. The third-order valence-corrected chi connectivity index (χ3v) is 5.97. The molecule has 2 N–H and O–H groups in total. The van der Waals surface area contributed by atoms with Crippen molar-refractivity contribution in [3.63, 3.8) is 0 Å². The molecule has 1 saturated carbocycles. The van der Waals surface area contributed by atoms with Crippen LogP contribution in [-0.4, -0.2) is 55.2 Å². The number of carbonyl (C=O) groups is 1. The minimum atomic E-state index is -0.882. The van der Waals surface area contributed by atoms with E-state index >= 15 is 0 Å². The number of piperazine rings is 1. The molecule has 25 heavy (non-hydrogen) atoms. The first-order valence-electron chi connectivity index (χ1n) is 9.00. The van der Waals surface area contributed by atoms with Crippen molar-refractivity contribution in [2.24, 2.45) is 11.1 Å². The Bertz CT molecular complexity index is 643. The Labute approximate surface area is 148 Å². The number of rotatable bonds is 4. The van der Waals surface area contributed by atoms with Gasteiger partial charge < -0.3 is 20.3 Å². The van der Waals surface area contributed by atoms with Gasteiger partial charge in [-0.25, -0.2) is 4.39 Å². The Morgan fingerprint density at radius 2 is 1.92 bits per heavy atom. The summed E-state index contributed by atoms with van der Waals surface area (Å²) in [5.74, 6) is -0.237. The summed E-state index contributed by atoms with van der Waals surface area (Å²) in [5, 5.41) is 0. The Morgan fingerprint density at radius 3 is 2.48 bits per heavy atom. The largest absolute Gasteiger partial charge is 0.378 e. The van der Waals surface area contributed by atoms with E-state index in [0.29, 0.717) is 44.9 Å². The van der Waals surface area contributed by atoms with Gasteiger partial charge in [0.15, 0.2) is 0 Å². The molecular formula is C19H28FN3O2. The number of nitrogens with two attached hydrogens (primary N) is 1. The van der Waals surface area contributed by atoms with Crippen LogP contribution in [0.15, 0.2) is 24.3 Å². The van der Waals surface area contributed by atoms with Gasteiger partial charge in [0.25, 0.3) is 0 Å². The summed E-state index contributed by atoms with van der Waals surface area (Å²) in [6.07, 6.45) is 0.575. The second-order valence-corrected chi connectivity index (χ2v) is 7.57. The summed E-state index contributed by atoms with van der Waals surface area (Å²) in [6.45, 7) is 8.92. The fourth-order valence-corrected chi connectivity index (χ4v) is 3.94. The lowest BCUT2D eigenvalue weighted by molar-refractivity contribution is -0.179. The van der Waals surface area contributed by atoms with Gasteiger partial charge in [-0.05, 0) is 19.1 Å². The molecule has 2 atom stereocenters. The van der Waals surface area contributed by atoms with Crippen molar-refractivity contribution in [1.29, 1.82) is 0 Å². The molecule has 138 valence electrons. The van der Waals surface area contributed by atoms with E-state index < -0.39 is 5.54 Å². The van der Waals surface area contributed by atoms with Crippen LogP contribution >= 0.6 is 0 Å². The summed E-state index contributed by atoms with van der Waals surface area (Å²) in [7, 11) is 0. The maximum atomic E-state index is 13.9. The Hall–Kier alpha value is -1.66. The van der Waals surface area contributed by atoms with E-state index in [0.717, 1.165) is 0 Å². The van der Waals surface area contributed by atoms with Gasteiger partial charge in [0, 0.05) is 44.6 Å². The molecule has 1 saturated heterocycles. The molecule has 2 unspecified atom stereocenters. The van der Waals surface area contributed by atoms with E-state index in [4.69, 9.17) is 10.5 Å². The fraction of sp³-hybridized carbons (Fsp3) is 0.632. The van der Waals surface area contributed by atoms with E-state index in [2.05, 4.69) is 0 Å². The summed E-state index contributed by atoms with van der Waals surface area (Å²) >= 11 is 0. The molecule has 5 nitrogen and oxygen atoms in total.